The first-order valence-corrected chi connectivity index (χ1v) is 4.35. The molecule has 0 saturated heterocycles. The number of H-pyrrole nitrogens is 1. The van der Waals surface area contributed by atoms with Gasteiger partial charge in [-0.1, -0.05) is 0 Å². The summed E-state index contributed by atoms with van der Waals surface area (Å²) in [6.07, 6.45) is 3.50. The third kappa shape index (κ3) is 1.89. The highest BCUT2D eigenvalue weighted by molar-refractivity contribution is 5.10. The van der Waals surface area contributed by atoms with Gasteiger partial charge in [0.2, 0.25) is 0 Å². The Hall–Kier alpha value is -1.29. The van der Waals surface area contributed by atoms with Crippen LogP contribution in [0.2, 0.25) is 0 Å². The van der Waals surface area contributed by atoms with Gasteiger partial charge in [0.1, 0.15) is 6.10 Å². The second kappa shape index (κ2) is 3.22. The summed E-state index contributed by atoms with van der Waals surface area (Å²) < 4.78 is 5.47. The van der Waals surface area contributed by atoms with Crippen LogP contribution in [0.3, 0.4) is 0 Å². The van der Waals surface area contributed by atoms with Gasteiger partial charge in [-0.15, -0.1) is 0 Å². The van der Waals surface area contributed by atoms with Gasteiger partial charge in [-0.2, -0.15) is 0 Å². The predicted molar refractivity (Wildman–Crippen MR) is 48.7 cm³/mol. The van der Waals surface area contributed by atoms with Crippen molar-refractivity contribution >= 4 is 0 Å². The van der Waals surface area contributed by atoms with Gasteiger partial charge in [0.15, 0.2) is 11.3 Å². The average Bonchev–Trinajstić information content (AvgIpc) is 2.01. The molecular formula is C9H12N2O2. The van der Waals surface area contributed by atoms with Crippen molar-refractivity contribution in [2.24, 2.45) is 5.73 Å². The van der Waals surface area contributed by atoms with Gasteiger partial charge >= 0.3 is 0 Å². The molecule has 1 fully saturated rings. The fourth-order valence-corrected chi connectivity index (χ4v) is 1.38. The van der Waals surface area contributed by atoms with Gasteiger partial charge in [-0.05, 0) is 12.8 Å². The van der Waals surface area contributed by atoms with Crippen LogP contribution >= 0.6 is 0 Å². The number of ether oxygens (including phenoxy) is 1. The molecular weight excluding hydrogens is 168 g/mol. The summed E-state index contributed by atoms with van der Waals surface area (Å²) in [7, 11) is 0. The lowest BCUT2D eigenvalue weighted by atomic mass is 9.90. The van der Waals surface area contributed by atoms with E-state index < -0.39 is 0 Å². The van der Waals surface area contributed by atoms with Crippen LogP contribution in [0.4, 0.5) is 0 Å². The van der Waals surface area contributed by atoms with E-state index in [0.717, 1.165) is 12.8 Å². The quantitative estimate of drug-likeness (QED) is 0.685. The van der Waals surface area contributed by atoms with Crippen molar-refractivity contribution in [3.8, 4) is 5.88 Å². The summed E-state index contributed by atoms with van der Waals surface area (Å²) in [5.41, 5.74) is 5.56. The van der Waals surface area contributed by atoms with Crippen molar-refractivity contribution in [1.82, 2.24) is 4.98 Å². The Balaban J connectivity index is 1.98. The van der Waals surface area contributed by atoms with Crippen LogP contribution in [0.25, 0.3) is 0 Å². The highest BCUT2D eigenvalue weighted by Gasteiger charge is 2.27. The minimum Gasteiger partial charge on any atom is -0.475 e. The number of nitrogens with two attached hydrogens (primary N) is 1. The molecule has 4 heteroatoms. The van der Waals surface area contributed by atoms with Crippen LogP contribution in [0.1, 0.15) is 12.8 Å². The molecule has 3 N–H and O–H groups in total. The van der Waals surface area contributed by atoms with Crippen molar-refractivity contribution in [2.75, 3.05) is 0 Å². The molecule has 0 aliphatic heterocycles. The highest BCUT2D eigenvalue weighted by Crippen LogP contribution is 2.22. The van der Waals surface area contributed by atoms with Gasteiger partial charge in [-0.25, -0.2) is 0 Å². The van der Waals surface area contributed by atoms with Gasteiger partial charge in [0, 0.05) is 24.4 Å². The summed E-state index contributed by atoms with van der Waals surface area (Å²) in [6, 6.07) is 3.17. The van der Waals surface area contributed by atoms with E-state index in [1.165, 1.54) is 12.1 Å². The Bertz CT molecular complexity index is 341. The maximum absolute atomic E-state index is 10.9. The molecule has 0 amide bonds. The molecule has 0 atom stereocenters. The summed E-state index contributed by atoms with van der Waals surface area (Å²) in [5.74, 6) is 0.532. The number of rotatable bonds is 2. The van der Waals surface area contributed by atoms with Gasteiger partial charge in [-0.3, -0.25) is 4.79 Å². The number of pyridine rings is 1. The summed E-state index contributed by atoms with van der Waals surface area (Å²) in [6.45, 7) is 0. The van der Waals surface area contributed by atoms with Crippen molar-refractivity contribution in [3.05, 3.63) is 28.6 Å². The standard InChI is InChI=1S/C9H12N2O2/c10-6-3-8(4-6)13-9-5-7(12)1-2-11-9/h1-2,5-6,8H,3-4,10H2,(H,11,12). The molecule has 0 radical (unpaired) electrons. The first-order valence-electron chi connectivity index (χ1n) is 4.35. The van der Waals surface area contributed by atoms with E-state index in [1.807, 2.05) is 0 Å². The molecule has 0 unspecified atom stereocenters. The molecule has 1 saturated carbocycles. The van der Waals surface area contributed by atoms with Crippen molar-refractivity contribution < 1.29 is 4.74 Å². The van der Waals surface area contributed by atoms with Crippen molar-refractivity contribution in [3.63, 3.8) is 0 Å². The zero-order valence-electron chi connectivity index (χ0n) is 7.19. The molecule has 1 aromatic rings. The first-order chi connectivity index (χ1) is 6.24. The second-order valence-electron chi connectivity index (χ2n) is 3.36. The van der Waals surface area contributed by atoms with E-state index in [0.29, 0.717) is 5.88 Å². The molecule has 4 nitrogen and oxygen atoms in total. The van der Waals surface area contributed by atoms with Crippen LogP contribution in [0.15, 0.2) is 23.1 Å². The summed E-state index contributed by atoms with van der Waals surface area (Å²) in [5, 5.41) is 0. The van der Waals surface area contributed by atoms with Crippen LogP contribution in [0.5, 0.6) is 5.88 Å². The Morgan fingerprint density at radius 3 is 2.92 bits per heavy atom. The first kappa shape index (κ1) is 8.31. The largest absolute Gasteiger partial charge is 0.475 e. The number of hydrogen-bond donors (Lipinski definition) is 2. The maximum Gasteiger partial charge on any atom is 0.194 e. The minimum absolute atomic E-state index is 0.0441. The zero-order valence-corrected chi connectivity index (χ0v) is 7.19. The summed E-state index contributed by atoms with van der Waals surface area (Å²) >= 11 is 0. The fourth-order valence-electron chi connectivity index (χ4n) is 1.38. The van der Waals surface area contributed by atoms with Crippen LogP contribution < -0.4 is 15.9 Å². The highest BCUT2D eigenvalue weighted by atomic mass is 16.5. The Labute approximate surface area is 75.7 Å². The molecule has 1 aliphatic carbocycles. The van der Waals surface area contributed by atoms with Gasteiger partial charge in [0.25, 0.3) is 0 Å². The molecule has 1 aromatic heterocycles. The Morgan fingerprint density at radius 1 is 1.54 bits per heavy atom. The third-order valence-corrected chi connectivity index (χ3v) is 2.17. The summed E-state index contributed by atoms with van der Waals surface area (Å²) in [4.78, 5) is 13.8. The van der Waals surface area contributed by atoms with E-state index in [9.17, 15) is 4.79 Å². The molecule has 0 spiro atoms. The topological polar surface area (TPSA) is 68.1 Å². The van der Waals surface area contributed by atoms with E-state index in [-0.39, 0.29) is 17.6 Å². The van der Waals surface area contributed by atoms with E-state index in [2.05, 4.69) is 4.98 Å². The van der Waals surface area contributed by atoms with Crippen LogP contribution in [-0.4, -0.2) is 17.1 Å². The van der Waals surface area contributed by atoms with E-state index in [1.54, 1.807) is 6.20 Å². The Kier molecular flexibility index (Phi) is 2.06. The van der Waals surface area contributed by atoms with E-state index in [4.69, 9.17) is 10.5 Å². The van der Waals surface area contributed by atoms with Crippen LogP contribution in [0, 0.1) is 0 Å². The SMILES string of the molecule is NC1CC(Oc2cc(=O)cc[nH]2)C1. The molecule has 70 valence electrons. The number of hydrogen-bond acceptors (Lipinski definition) is 3. The molecule has 0 bridgehead atoms. The van der Waals surface area contributed by atoms with Crippen LogP contribution in [-0.2, 0) is 0 Å². The van der Waals surface area contributed by atoms with E-state index >= 15 is 0 Å². The number of aromatic amines is 1. The van der Waals surface area contributed by atoms with Gasteiger partial charge in [0.05, 0.1) is 0 Å². The minimum atomic E-state index is -0.0441. The molecule has 1 heterocycles. The van der Waals surface area contributed by atoms with Crippen molar-refractivity contribution in [2.45, 2.75) is 25.0 Å². The maximum atomic E-state index is 10.9. The molecule has 0 aromatic carbocycles. The molecule has 2 rings (SSSR count). The van der Waals surface area contributed by atoms with Crippen molar-refractivity contribution in [1.29, 1.82) is 0 Å². The zero-order chi connectivity index (χ0) is 9.26. The molecule has 13 heavy (non-hydrogen) atoms. The molecule has 1 aliphatic rings. The lowest BCUT2D eigenvalue weighted by Crippen LogP contribution is -2.43. The smallest absolute Gasteiger partial charge is 0.194 e. The number of nitrogens with one attached hydrogen (secondary N) is 1. The Morgan fingerprint density at radius 2 is 2.31 bits per heavy atom. The lowest BCUT2D eigenvalue weighted by Gasteiger charge is -2.32. The predicted octanol–water partition coefficient (Wildman–Crippen LogP) is 0.243. The average molecular weight is 180 g/mol. The second-order valence-corrected chi connectivity index (χ2v) is 3.36. The third-order valence-electron chi connectivity index (χ3n) is 2.17. The fraction of sp³-hybridized carbons (Fsp3) is 0.444. The normalized spacial score (nSPS) is 26.5. The monoisotopic (exact) mass is 180 g/mol. The number of aromatic nitrogens is 1. The van der Waals surface area contributed by atoms with Gasteiger partial charge < -0.3 is 15.5 Å². The lowest BCUT2D eigenvalue weighted by molar-refractivity contribution is 0.0957.